The van der Waals surface area contributed by atoms with Crippen LogP contribution >= 0.6 is 7.82 Å². The van der Waals surface area contributed by atoms with Gasteiger partial charge in [-0.1, -0.05) is 48.5 Å². The number of benzene rings is 3. The van der Waals surface area contributed by atoms with Gasteiger partial charge in [0.05, 0.1) is 0 Å². The molecule has 3 rings (SSSR count). The van der Waals surface area contributed by atoms with E-state index in [2.05, 4.69) is 0 Å². The number of phosphoric acid groups is 1. The second-order valence-corrected chi connectivity index (χ2v) is 7.97. The first-order valence-corrected chi connectivity index (χ1v) is 10.2. The summed E-state index contributed by atoms with van der Waals surface area (Å²) in [5.41, 5.74) is 3.56. The van der Waals surface area contributed by atoms with Crippen molar-refractivity contribution in [3.8, 4) is 17.2 Å². The fraction of sp³-hybridized carbons (Fsp3) is 0.182. The van der Waals surface area contributed by atoms with Crippen molar-refractivity contribution in [3.05, 3.63) is 89.0 Å². The molecule has 27 heavy (non-hydrogen) atoms. The molecule has 0 spiro atoms. The summed E-state index contributed by atoms with van der Waals surface area (Å²) in [6.45, 7) is 7.63. The first-order valence-electron chi connectivity index (χ1n) is 8.74. The van der Waals surface area contributed by atoms with Gasteiger partial charge in [0.2, 0.25) is 0 Å². The van der Waals surface area contributed by atoms with Gasteiger partial charge in [-0.15, -0.1) is 0 Å². The summed E-state index contributed by atoms with van der Waals surface area (Å²) in [7, 11) is -3.99. The Balaban J connectivity index is 2.00. The SMILES string of the molecule is Cc1ccc(C)c(OP(=O)(Oc2ccccc2)Oc2c(C)cccc2C)c1. The molecule has 0 radical (unpaired) electrons. The van der Waals surface area contributed by atoms with Crippen molar-refractivity contribution < 1.29 is 18.1 Å². The Morgan fingerprint density at radius 3 is 2.00 bits per heavy atom. The average molecular weight is 382 g/mol. The van der Waals surface area contributed by atoms with E-state index in [0.717, 1.165) is 22.3 Å². The molecule has 1 atom stereocenters. The summed E-state index contributed by atoms with van der Waals surface area (Å²) in [4.78, 5) is 0. The maximum Gasteiger partial charge on any atom is 0.647 e. The Bertz CT molecular complexity index is 963. The van der Waals surface area contributed by atoms with Crippen LogP contribution in [0.5, 0.6) is 17.2 Å². The quantitative estimate of drug-likeness (QED) is 0.453. The van der Waals surface area contributed by atoms with E-state index >= 15 is 0 Å². The van der Waals surface area contributed by atoms with Crippen LogP contribution in [0.4, 0.5) is 0 Å². The highest BCUT2D eigenvalue weighted by molar-refractivity contribution is 7.49. The van der Waals surface area contributed by atoms with Crippen LogP contribution in [0.3, 0.4) is 0 Å². The highest BCUT2D eigenvalue weighted by Crippen LogP contribution is 2.51. The van der Waals surface area contributed by atoms with Crippen molar-refractivity contribution in [3.63, 3.8) is 0 Å². The Kier molecular flexibility index (Phi) is 5.57. The van der Waals surface area contributed by atoms with Crippen molar-refractivity contribution in [2.24, 2.45) is 0 Å². The summed E-state index contributed by atoms with van der Waals surface area (Å²) in [6.07, 6.45) is 0. The van der Waals surface area contributed by atoms with Gasteiger partial charge in [-0.2, -0.15) is 4.57 Å². The van der Waals surface area contributed by atoms with Crippen molar-refractivity contribution in [2.75, 3.05) is 0 Å². The minimum absolute atomic E-state index is 0.414. The number of rotatable bonds is 6. The maximum atomic E-state index is 13.6. The molecular weight excluding hydrogens is 359 g/mol. The molecule has 1 unspecified atom stereocenters. The van der Waals surface area contributed by atoms with Gasteiger partial charge in [0.1, 0.15) is 17.2 Å². The molecule has 3 aromatic carbocycles. The number of hydrogen-bond acceptors (Lipinski definition) is 4. The van der Waals surface area contributed by atoms with Gasteiger partial charge >= 0.3 is 7.82 Å². The second-order valence-electron chi connectivity index (χ2n) is 6.52. The number of aryl methyl sites for hydroxylation is 4. The zero-order valence-corrected chi connectivity index (χ0v) is 16.8. The molecule has 3 aromatic rings. The van der Waals surface area contributed by atoms with E-state index < -0.39 is 7.82 Å². The zero-order valence-electron chi connectivity index (χ0n) is 15.9. The molecule has 0 saturated heterocycles. The third kappa shape index (κ3) is 4.72. The smallest absolute Gasteiger partial charge is 0.386 e. The average Bonchev–Trinajstić information content (AvgIpc) is 2.62. The van der Waals surface area contributed by atoms with E-state index in [-0.39, 0.29) is 0 Å². The van der Waals surface area contributed by atoms with E-state index in [0.29, 0.717) is 17.2 Å². The largest absolute Gasteiger partial charge is 0.647 e. The Morgan fingerprint density at radius 2 is 1.33 bits per heavy atom. The maximum absolute atomic E-state index is 13.6. The Morgan fingerprint density at radius 1 is 0.667 bits per heavy atom. The molecule has 0 amide bonds. The molecule has 0 bridgehead atoms. The van der Waals surface area contributed by atoms with Crippen molar-refractivity contribution in [1.82, 2.24) is 0 Å². The normalized spacial score (nSPS) is 12.9. The van der Waals surface area contributed by atoms with Gasteiger partial charge < -0.3 is 13.6 Å². The van der Waals surface area contributed by atoms with Crippen LogP contribution in [0.15, 0.2) is 66.7 Å². The molecule has 0 aliphatic rings. The minimum atomic E-state index is -3.99. The van der Waals surface area contributed by atoms with Crippen molar-refractivity contribution in [2.45, 2.75) is 27.7 Å². The summed E-state index contributed by atoms with van der Waals surface area (Å²) in [6, 6.07) is 20.3. The predicted molar refractivity (Wildman–Crippen MR) is 108 cm³/mol. The van der Waals surface area contributed by atoms with Crippen LogP contribution in [0.1, 0.15) is 22.3 Å². The molecular formula is C22H23O4P. The lowest BCUT2D eigenvalue weighted by Crippen LogP contribution is -2.09. The first kappa shape index (κ1) is 19.1. The van der Waals surface area contributed by atoms with Crippen LogP contribution < -0.4 is 13.6 Å². The predicted octanol–water partition coefficient (Wildman–Crippen LogP) is 6.57. The van der Waals surface area contributed by atoms with Crippen LogP contribution in [0, 0.1) is 27.7 Å². The Hall–Kier alpha value is -2.71. The molecule has 140 valence electrons. The molecule has 0 fully saturated rings. The monoisotopic (exact) mass is 382 g/mol. The third-order valence-electron chi connectivity index (χ3n) is 4.13. The van der Waals surface area contributed by atoms with Gasteiger partial charge in [-0.25, -0.2) is 0 Å². The highest BCUT2D eigenvalue weighted by Gasteiger charge is 2.34. The first-order chi connectivity index (χ1) is 12.9. The van der Waals surface area contributed by atoms with E-state index in [9.17, 15) is 4.57 Å². The van der Waals surface area contributed by atoms with Crippen LogP contribution in [-0.4, -0.2) is 0 Å². The molecule has 0 saturated carbocycles. The molecule has 0 N–H and O–H groups in total. The van der Waals surface area contributed by atoms with E-state index in [1.165, 1.54) is 0 Å². The summed E-state index contributed by atoms with van der Waals surface area (Å²) < 4.78 is 31.1. The van der Waals surface area contributed by atoms with E-state index in [4.69, 9.17) is 13.6 Å². The summed E-state index contributed by atoms with van der Waals surface area (Å²) >= 11 is 0. The van der Waals surface area contributed by atoms with E-state index in [1.807, 2.05) is 70.2 Å². The number of hydrogen-bond donors (Lipinski definition) is 0. The number of phosphoric ester groups is 1. The highest BCUT2D eigenvalue weighted by atomic mass is 31.2. The zero-order chi connectivity index (χ0) is 19.4. The molecule has 0 heterocycles. The van der Waals surface area contributed by atoms with Gasteiger partial charge in [0.15, 0.2) is 0 Å². The molecule has 0 aliphatic heterocycles. The minimum Gasteiger partial charge on any atom is -0.386 e. The summed E-state index contributed by atoms with van der Waals surface area (Å²) in [5, 5.41) is 0. The lowest BCUT2D eigenvalue weighted by atomic mass is 10.1. The topological polar surface area (TPSA) is 44.8 Å². The van der Waals surface area contributed by atoms with Gasteiger partial charge in [-0.3, -0.25) is 0 Å². The second kappa shape index (κ2) is 7.89. The standard InChI is InChI=1S/C22H23O4P/c1-16-13-14-17(2)21(15-16)25-27(23,24-20-11-6-5-7-12-20)26-22-18(3)9-8-10-19(22)4/h5-15H,1-4H3. The van der Waals surface area contributed by atoms with Crippen LogP contribution in [0.25, 0.3) is 0 Å². The molecule has 0 aliphatic carbocycles. The van der Waals surface area contributed by atoms with Crippen molar-refractivity contribution in [1.29, 1.82) is 0 Å². The van der Waals surface area contributed by atoms with Crippen molar-refractivity contribution >= 4 is 7.82 Å². The van der Waals surface area contributed by atoms with Gasteiger partial charge in [0.25, 0.3) is 0 Å². The van der Waals surface area contributed by atoms with Crippen LogP contribution in [0.2, 0.25) is 0 Å². The Labute approximate surface area is 160 Å². The summed E-state index contributed by atoms with van der Waals surface area (Å²) in [5.74, 6) is 1.39. The molecule has 5 heteroatoms. The fourth-order valence-corrected chi connectivity index (χ4v) is 4.09. The molecule has 4 nitrogen and oxygen atoms in total. The van der Waals surface area contributed by atoms with Crippen LogP contribution in [-0.2, 0) is 4.57 Å². The van der Waals surface area contributed by atoms with E-state index in [1.54, 1.807) is 24.3 Å². The number of para-hydroxylation sites is 2. The fourth-order valence-electron chi connectivity index (χ4n) is 2.65. The van der Waals surface area contributed by atoms with Gasteiger partial charge in [-0.05, 0) is 68.1 Å². The van der Waals surface area contributed by atoms with Gasteiger partial charge in [0, 0.05) is 0 Å². The lowest BCUT2D eigenvalue weighted by molar-refractivity contribution is 0.296. The molecule has 0 aromatic heterocycles. The third-order valence-corrected chi connectivity index (χ3v) is 5.39. The lowest BCUT2D eigenvalue weighted by Gasteiger charge is -2.22.